The van der Waals surface area contributed by atoms with Gasteiger partial charge in [0.1, 0.15) is 0 Å². The van der Waals surface area contributed by atoms with E-state index in [0.29, 0.717) is 5.88 Å². The molecule has 4 nitrogen and oxygen atoms in total. The van der Waals surface area contributed by atoms with E-state index in [-0.39, 0.29) is 12.2 Å². The molecule has 1 aliphatic carbocycles. The van der Waals surface area contributed by atoms with Crippen LogP contribution in [0.25, 0.3) is 0 Å². The first-order valence-electron chi connectivity index (χ1n) is 6.32. The minimum atomic E-state index is -0.434. The van der Waals surface area contributed by atoms with E-state index in [1.807, 2.05) is 48.6 Å². The van der Waals surface area contributed by atoms with E-state index >= 15 is 0 Å². The monoisotopic (exact) mass is 264 g/mol. The van der Waals surface area contributed by atoms with Crippen LogP contribution in [0.4, 0.5) is 5.69 Å². The van der Waals surface area contributed by atoms with Gasteiger partial charge in [-0.1, -0.05) is 36.4 Å². The lowest BCUT2D eigenvalue weighted by molar-refractivity contribution is -0.119. The molecular formula is C16H12N2O2. The Morgan fingerprint density at radius 2 is 2.20 bits per heavy atom. The topological polar surface area (TPSA) is 62.1 Å². The zero-order valence-electron chi connectivity index (χ0n) is 10.7. The van der Waals surface area contributed by atoms with Gasteiger partial charge in [0.2, 0.25) is 5.88 Å². The fourth-order valence-corrected chi connectivity index (χ4v) is 2.28. The summed E-state index contributed by atoms with van der Waals surface area (Å²) in [5.74, 6) is 0.737. The minimum absolute atomic E-state index is 0.105. The van der Waals surface area contributed by atoms with Crippen LogP contribution in [-0.4, -0.2) is 5.78 Å². The Morgan fingerprint density at radius 1 is 1.35 bits per heavy atom. The molecule has 1 aliphatic heterocycles. The molecule has 1 atom stereocenters. The summed E-state index contributed by atoms with van der Waals surface area (Å²) in [6.45, 7) is 0. The number of carbonyl (C=O) groups is 1. The fraction of sp³-hybridized carbons (Fsp3) is 0.125. The molecule has 0 aromatic heterocycles. The first kappa shape index (κ1) is 12.2. The number of ether oxygens (including phenoxy) is 1. The number of anilines is 1. The number of nitriles is 1. The summed E-state index contributed by atoms with van der Waals surface area (Å²) in [5.41, 5.74) is 1.63. The molecule has 0 saturated heterocycles. The maximum Gasteiger partial charge on any atom is 0.202 e. The van der Waals surface area contributed by atoms with Crippen LogP contribution < -0.4 is 10.1 Å². The Kier molecular flexibility index (Phi) is 3.10. The van der Waals surface area contributed by atoms with Gasteiger partial charge in [-0.05, 0) is 12.1 Å². The molecule has 3 rings (SSSR count). The van der Waals surface area contributed by atoms with E-state index in [0.717, 1.165) is 17.0 Å². The highest BCUT2D eigenvalue weighted by molar-refractivity contribution is 5.88. The largest absolute Gasteiger partial charge is 0.439 e. The molecule has 0 bridgehead atoms. The first-order chi connectivity index (χ1) is 9.79. The van der Waals surface area contributed by atoms with Gasteiger partial charge in [0.25, 0.3) is 0 Å². The number of hydrogen-bond acceptors (Lipinski definition) is 4. The van der Waals surface area contributed by atoms with Crippen LogP contribution in [0.5, 0.6) is 5.75 Å². The molecule has 1 unspecified atom stereocenters. The number of fused-ring (bicyclic) bond motifs is 1. The number of para-hydroxylation sites is 2. The maximum atomic E-state index is 12.0. The summed E-state index contributed by atoms with van der Waals surface area (Å²) < 4.78 is 5.75. The Labute approximate surface area is 116 Å². The molecule has 98 valence electrons. The van der Waals surface area contributed by atoms with Gasteiger partial charge in [-0.3, -0.25) is 4.79 Å². The molecule has 1 heterocycles. The first-order valence-corrected chi connectivity index (χ1v) is 6.32. The predicted molar refractivity (Wildman–Crippen MR) is 74.7 cm³/mol. The van der Waals surface area contributed by atoms with Crippen molar-refractivity contribution in [1.82, 2.24) is 0 Å². The standard InChI is InChI=1S/C16H12N2O2/c17-10-9-14(19)11-5-1-2-6-12(11)16-18-13-7-3-4-8-15(13)20-16/h1-8,11,18H,9H2. The summed E-state index contributed by atoms with van der Waals surface area (Å²) >= 11 is 0. The van der Waals surface area contributed by atoms with E-state index in [1.165, 1.54) is 0 Å². The van der Waals surface area contributed by atoms with Crippen molar-refractivity contribution >= 4 is 11.5 Å². The second-order valence-electron chi connectivity index (χ2n) is 4.53. The molecule has 4 heteroatoms. The molecule has 0 saturated carbocycles. The van der Waals surface area contributed by atoms with E-state index in [9.17, 15) is 4.79 Å². The van der Waals surface area contributed by atoms with Crippen LogP contribution in [0, 0.1) is 17.2 Å². The van der Waals surface area contributed by atoms with Gasteiger partial charge in [-0.2, -0.15) is 5.26 Å². The van der Waals surface area contributed by atoms with E-state index in [1.54, 1.807) is 6.08 Å². The van der Waals surface area contributed by atoms with Crippen molar-refractivity contribution in [2.24, 2.45) is 5.92 Å². The fourth-order valence-electron chi connectivity index (χ4n) is 2.28. The highest BCUT2D eigenvalue weighted by atomic mass is 16.5. The van der Waals surface area contributed by atoms with Crippen LogP contribution >= 0.6 is 0 Å². The summed E-state index contributed by atoms with van der Waals surface area (Å²) in [4.78, 5) is 12.0. The lowest BCUT2D eigenvalue weighted by Gasteiger charge is -2.16. The number of carbonyl (C=O) groups excluding carboxylic acids is 1. The number of Topliss-reactive ketones (excluding diaryl/α,β-unsaturated/α-hetero) is 1. The Morgan fingerprint density at radius 3 is 3.00 bits per heavy atom. The number of nitrogens with zero attached hydrogens (tertiary/aromatic N) is 1. The van der Waals surface area contributed by atoms with Crippen molar-refractivity contribution in [3.63, 3.8) is 0 Å². The second kappa shape index (κ2) is 5.06. The zero-order chi connectivity index (χ0) is 13.9. The van der Waals surface area contributed by atoms with Crippen molar-refractivity contribution in [2.45, 2.75) is 6.42 Å². The molecule has 1 aromatic rings. The number of nitrogens with one attached hydrogen (secondary N) is 1. The molecule has 0 fully saturated rings. The third-order valence-electron chi connectivity index (χ3n) is 3.24. The summed E-state index contributed by atoms with van der Waals surface area (Å²) in [6, 6.07) is 9.49. The van der Waals surface area contributed by atoms with Crippen LogP contribution in [-0.2, 0) is 4.79 Å². The molecule has 0 radical (unpaired) electrons. The van der Waals surface area contributed by atoms with E-state index in [2.05, 4.69) is 5.32 Å². The summed E-state index contributed by atoms with van der Waals surface area (Å²) in [7, 11) is 0. The van der Waals surface area contributed by atoms with Gasteiger partial charge in [-0.25, -0.2) is 0 Å². The highest BCUT2D eigenvalue weighted by Gasteiger charge is 2.27. The third kappa shape index (κ3) is 2.10. The lowest BCUT2D eigenvalue weighted by atomic mass is 9.89. The Balaban J connectivity index is 1.95. The Hall–Kier alpha value is -2.80. The Bertz CT molecular complexity index is 666. The average molecular weight is 264 g/mol. The molecule has 1 N–H and O–H groups in total. The molecule has 20 heavy (non-hydrogen) atoms. The van der Waals surface area contributed by atoms with Gasteiger partial charge < -0.3 is 10.1 Å². The van der Waals surface area contributed by atoms with E-state index < -0.39 is 5.92 Å². The van der Waals surface area contributed by atoms with Gasteiger partial charge in [0, 0.05) is 5.57 Å². The molecule has 1 aromatic carbocycles. The number of hydrogen-bond donors (Lipinski definition) is 1. The molecule has 0 amide bonds. The maximum absolute atomic E-state index is 12.0. The van der Waals surface area contributed by atoms with Gasteiger partial charge >= 0.3 is 0 Å². The van der Waals surface area contributed by atoms with Gasteiger partial charge in [0.15, 0.2) is 11.5 Å². The molecular weight excluding hydrogens is 252 g/mol. The normalized spacial score (nSPS) is 22.6. The number of ketones is 1. The van der Waals surface area contributed by atoms with Crippen LogP contribution in [0.2, 0.25) is 0 Å². The van der Waals surface area contributed by atoms with Crippen molar-refractivity contribution in [1.29, 1.82) is 5.26 Å². The summed E-state index contributed by atoms with van der Waals surface area (Å²) in [5, 5.41) is 11.9. The predicted octanol–water partition coefficient (Wildman–Crippen LogP) is 2.93. The smallest absolute Gasteiger partial charge is 0.202 e. The quantitative estimate of drug-likeness (QED) is 0.892. The zero-order valence-corrected chi connectivity index (χ0v) is 10.7. The van der Waals surface area contributed by atoms with Crippen LogP contribution in [0.15, 0.2) is 60.0 Å². The SMILES string of the molecule is N#CCC(=O)C1C=CC=CC1=C1Nc2ccccc2O1. The summed E-state index contributed by atoms with van der Waals surface area (Å²) in [6.07, 6.45) is 7.19. The number of allylic oxidation sites excluding steroid dienone is 5. The van der Waals surface area contributed by atoms with Crippen molar-refractivity contribution in [3.8, 4) is 11.8 Å². The average Bonchev–Trinajstić information content (AvgIpc) is 2.91. The van der Waals surface area contributed by atoms with Crippen LogP contribution in [0.3, 0.4) is 0 Å². The van der Waals surface area contributed by atoms with Crippen LogP contribution in [0.1, 0.15) is 6.42 Å². The van der Waals surface area contributed by atoms with Gasteiger partial charge in [0.05, 0.1) is 24.1 Å². The second-order valence-corrected chi connectivity index (χ2v) is 4.53. The number of rotatable bonds is 2. The highest BCUT2D eigenvalue weighted by Crippen LogP contribution is 2.36. The van der Waals surface area contributed by atoms with Crippen molar-refractivity contribution in [3.05, 3.63) is 60.0 Å². The van der Waals surface area contributed by atoms with E-state index in [4.69, 9.17) is 10.00 Å². The molecule has 0 spiro atoms. The molecule has 2 aliphatic rings. The number of benzene rings is 1. The van der Waals surface area contributed by atoms with Crippen molar-refractivity contribution in [2.75, 3.05) is 5.32 Å². The lowest BCUT2D eigenvalue weighted by Crippen LogP contribution is -2.18. The van der Waals surface area contributed by atoms with Crippen molar-refractivity contribution < 1.29 is 9.53 Å². The minimum Gasteiger partial charge on any atom is -0.439 e. The third-order valence-corrected chi connectivity index (χ3v) is 3.24. The van der Waals surface area contributed by atoms with Gasteiger partial charge in [-0.15, -0.1) is 0 Å².